The Morgan fingerprint density at radius 1 is 0.886 bits per heavy atom. The van der Waals surface area contributed by atoms with Gasteiger partial charge in [0.25, 0.3) is 15.9 Å². The maximum absolute atomic E-state index is 13.5. The highest BCUT2D eigenvalue weighted by Gasteiger charge is 2.28. The number of hydrogen-bond acceptors (Lipinski definition) is 4. The summed E-state index contributed by atoms with van der Waals surface area (Å²) in [6, 6.07) is 19.3. The van der Waals surface area contributed by atoms with Crippen LogP contribution in [0, 0.1) is 6.92 Å². The van der Waals surface area contributed by atoms with Gasteiger partial charge in [0.1, 0.15) is 6.54 Å². The monoisotopic (exact) mass is 513 g/mol. The van der Waals surface area contributed by atoms with Crippen molar-refractivity contribution < 1.29 is 18.0 Å². The van der Waals surface area contributed by atoms with Gasteiger partial charge in [-0.25, -0.2) is 8.42 Å². The lowest BCUT2D eigenvalue weighted by Crippen LogP contribution is -2.38. The number of aryl methyl sites for hydroxylation is 1. The molecule has 3 aromatic carbocycles. The zero-order valence-electron chi connectivity index (χ0n) is 19.9. The van der Waals surface area contributed by atoms with Gasteiger partial charge in [-0.1, -0.05) is 41.4 Å². The Hall–Kier alpha value is -3.36. The minimum Gasteiger partial charge on any atom is -0.339 e. The Morgan fingerprint density at radius 3 is 2.09 bits per heavy atom. The van der Waals surface area contributed by atoms with Gasteiger partial charge in [0.15, 0.2) is 0 Å². The molecular formula is C26H28ClN3O4S. The van der Waals surface area contributed by atoms with Crippen molar-refractivity contribution in [3.05, 3.63) is 88.9 Å². The molecule has 9 heteroatoms. The van der Waals surface area contributed by atoms with Crippen molar-refractivity contribution >= 4 is 44.8 Å². The quantitative estimate of drug-likeness (QED) is 0.438. The first-order valence-corrected chi connectivity index (χ1v) is 13.0. The number of nitrogens with one attached hydrogen (secondary N) is 1. The van der Waals surface area contributed by atoms with E-state index in [1.807, 2.05) is 20.8 Å². The number of benzene rings is 3. The Bertz CT molecular complexity index is 1290. The van der Waals surface area contributed by atoms with Crippen molar-refractivity contribution in [2.24, 2.45) is 0 Å². The standard InChI is InChI=1S/C26H28ClN3O4S/c1-4-29(5-2)26(32)23-8-6-7-9-24(23)28-25(31)18-30(21-14-12-20(27)13-15-21)35(33,34)22-16-10-19(3)11-17-22/h6-17H,4-5,18H2,1-3H3,(H,28,31). The van der Waals surface area contributed by atoms with Crippen LogP contribution >= 0.6 is 11.6 Å². The molecule has 35 heavy (non-hydrogen) atoms. The second-order valence-electron chi connectivity index (χ2n) is 7.87. The molecule has 3 rings (SSSR count). The molecule has 2 amide bonds. The highest BCUT2D eigenvalue weighted by molar-refractivity contribution is 7.92. The predicted octanol–water partition coefficient (Wildman–Crippen LogP) is 4.96. The lowest BCUT2D eigenvalue weighted by atomic mass is 10.1. The molecule has 7 nitrogen and oxygen atoms in total. The fourth-order valence-electron chi connectivity index (χ4n) is 3.54. The largest absolute Gasteiger partial charge is 0.339 e. The number of para-hydroxylation sites is 1. The number of hydrogen-bond donors (Lipinski definition) is 1. The second-order valence-corrected chi connectivity index (χ2v) is 10.2. The van der Waals surface area contributed by atoms with E-state index in [2.05, 4.69) is 5.32 Å². The highest BCUT2D eigenvalue weighted by atomic mass is 35.5. The Balaban J connectivity index is 1.93. The summed E-state index contributed by atoms with van der Waals surface area (Å²) < 4.78 is 28.0. The first-order valence-electron chi connectivity index (χ1n) is 11.2. The summed E-state index contributed by atoms with van der Waals surface area (Å²) in [7, 11) is -4.06. The molecule has 0 spiro atoms. The number of rotatable bonds is 9. The van der Waals surface area contributed by atoms with Gasteiger partial charge in [-0.15, -0.1) is 0 Å². The summed E-state index contributed by atoms with van der Waals surface area (Å²) in [5.41, 5.74) is 1.86. The number of carbonyl (C=O) groups excluding carboxylic acids is 2. The minimum atomic E-state index is -4.06. The topological polar surface area (TPSA) is 86.8 Å². The lowest BCUT2D eigenvalue weighted by Gasteiger charge is -2.25. The van der Waals surface area contributed by atoms with Crippen LogP contribution < -0.4 is 9.62 Å². The van der Waals surface area contributed by atoms with E-state index >= 15 is 0 Å². The lowest BCUT2D eigenvalue weighted by molar-refractivity contribution is -0.114. The van der Waals surface area contributed by atoms with Crippen LogP contribution in [0.4, 0.5) is 11.4 Å². The summed E-state index contributed by atoms with van der Waals surface area (Å²) in [4.78, 5) is 27.7. The predicted molar refractivity (Wildman–Crippen MR) is 139 cm³/mol. The van der Waals surface area contributed by atoms with Crippen LogP contribution in [0.5, 0.6) is 0 Å². The van der Waals surface area contributed by atoms with Crippen LogP contribution in [0.15, 0.2) is 77.7 Å². The summed E-state index contributed by atoms with van der Waals surface area (Å²) in [6.45, 7) is 6.17. The van der Waals surface area contributed by atoms with Crippen LogP contribution in [-0.2, 0) is 14.8 Å². The van der Waals surface area contributed by atoms with Crippen molar-refractivity contribution in [3.8, 4) is 0 Å². The third-order valence-corrected chi connectivity index (χ3v) is 7.53. The van der Waals surface area contributed by atoms with Gasteiger partial charge in [0.05, 0.1) is 21.8 Å². The van der Waals surface area contributed by atoms with Crippen LogP contribution in [-0.4, -0.2) is 44.8 Å². The van der Waals surface area contributed by atoms with Crippen LogP contribution in [0.3, 0.4) is 0 Å². The number of sulfonamides is 1. The SMILES string of the molecule is CCN(CC)C(=O)c1ccccc1NC(=O)CN(c1ccc(Cl)cc1)S(=O)(=O)c1ccc(C)cc1. The molecule has 0 aliphatic carbocycles. The first kappa shape index (κ1) is 26.2. The van der Waals surface area contributed by atoms with E-state index in [-0.39, 0.29) is 16.5 Å². The zero-order chi connectivity index (χ0) is 25.6. The zero-order valence-corrected chi connectivity index (χ0v) is 21.4. The van der Waals surface area contributed by atoms with Gasteiger partial charge in [-0.3, -0.25) is 13.9 Å². The number of amides is 2. The molecule has 0 aromatic heterocycles. The molecule has 1 N–H and O–H groups in total. The molecule has 0 unspecified atom stereocenters. The fraction of sp³-hybridized carbons (Fsp3) is 0.231. The number of nitrogens with zero attached hydrogens (tertiary/aromatic N) is 2. The third kappa shape index (κ3) is 6.21. The summed E-state index contributed by atoms with van der Waals surface area (Å²) in [5.74, 6) is -0.803. The van der Waals surface area contributed by atoms with E-state index in [0.717, 1.165) is 9.87 Å². The van der Waals surface area contributed by atoms with E-state index in [4.69, 9.17) is 11.6 Å². The highest BCUT2D eigenvalue weighted by Crippen LogP contribution is 2.26. The number of anilines is 2. The molecule has 0 bridgehead atoms. The third-order valence-electron chi connectivity index (χ3n) is 5.49. The van der Waals surface area contributed by atoms with Gasteiger partial charge in [-0.2, -0.15) is 0 Å². The molecule has 0 atom stereocenters. The van der Waals surface area contributed by atoms with Crippen molar-refractivity contribution in [3.63, 3.8) is 0 Å². The molecule has 0 aliphatic heterocycles. The van der Waals surface area contributed by atoms with Crippen molar-refractivity contribution in [2.45, 2.75) is 25.7 Å². The van der Waals surface area contributed by atoms with Gasteiger partial charge >= 0.3 is 0 Å². The molecule has 0 fully saturated rings. The maximum atomic E-state index is 13.5. The van der Waals surface area contributed by atoms with E-state index in [9.17, 15) is 18.0 Å². The van der Waals surface area contributed by atoms with Crippen LogP contribution in [0.2, 0.25) is 5.02 Å². The molecule has 0 saturated carbocycles. The minimum absolute atomic E-state index is 0.0583. The molecule has 3 aromatic rings. The molecule has 0 radical (unpaired) electrons. The van der Waals surface area contributed by atoms with Crippen molar-refractivity contribution in [2.75, 3.05) is 29.3 Å². The molecule has 184 valence electrons. The summed E-state index contributed by atoms with van der Waals surface area (Å²) >= 11 is 5.99. The van der Waals surface area contributed by atoms with Crippen molar-refractivity contribution in [1.82, 2.24) is 4.90 Å². The summed E-state index contributed by atoms with van der Waals surface area (Å²) in [5, 5.41) is 3.16. The number of halogens is 1. The van der Waals surface area contributed by atoms with E-state index < -0.39 is 22.5 Å². The Morgan fingerprint density at radius 2 is 1.49 bits per heavy atom. The Labute approximate surface area is 211 Å². The van der Waals surface area contributed by atoms with E-state index in [1.165, 1.54) is 12.1 Å². The Kier molecular flexibility index (Phi) is 8.53. The fourth-order valence-corrected chi connectivity index (χ4v) is 5.09. The maximum Gasteiger partial charge on any atom is 0.264 e. The second kappa shape index (κ2) is 11.4. The van der Waals surface area contributed by atoms with Crippen molar-refractivity contribution in [1.29, 1.82) is 0 Å². The number of carbonyl (C=O) groups is 2. The average Bonchev–Trinajstić information content (AvgIpc) is 2.84. The molecule has 0 heterocycles. The molecule has 0 aliphatic rings. The normalized spacial score (nSPS) is 11.1. The van der Waals surface area contributed by atoms with Gasteiger partial charge in [-0.05, 0) is 69.3 Å². The summed E-state index contributed by atoms with van der Waals surface area (Å²) in [6.07, 6.45) is 0. The van der Waals surface area contributed by atoms with Crippen LogP contribution in [0.1, 0.15) is 29.8 Å². The first-order chi connectivity index (χ1) is 16.7. The smallest absolute Gasteiger partial charge is 0.264 e. The average molecular weight is 514 g/mol. The van der Waals surface area contributed by atoms with Crippen LogP contribution in [0.25, 0.3) is 0 Å². The molecular weight excluding hydrogens is 486 g/mol. The molecule has 0 saturated heterocycles. The van der Waals surface area contributed by atoms with E-state index in [0.29, 0.717) is 29.4 Å². The van der Waals surface area contributed by atoms with Gasteiger partial charge < -0.3 is 10.2 Å². The van der Waals surface area contributed by atoms with Gasteiger partial charge in [0, 0.05) is 18.1 Å². The van der Waals surface area contributed by atoms with E-state index in [1.54, 1.807) is 65.6 Å². The van der Waals surface area contributed by atoms with Gasteiger partial charge in [0.2, 0.25) is 5.91 Å².